The summed E-state index contributed by atoms with van der Waals surface area (Å²) < 4.78 is 12.3. The molecule has 0 aliphatic carbocycles. The molecule has 326 valence electrons. The van der Waals surface area contributed by atoms with E-state index in [1.165, 1.54) is 37.9 Å². The predicted octanol–water partition coefficient (Wildman–Crippen LogP) is 5.29. The first-order valence-electron chi connectivity index (χ1n) is 22.9. The Kier molecular flexibility index (Phi) is 15.6. The van der Waals surface area contributed by atoms with Crippen molar-refractivity contribution in [1.82, 2.24) is 39.2 Å². The summed E-state index contributed by atoms with van der Waals surface area (Å²) in [5.74, 6) is 0.813. The highest BCUT2D eigenvalue weighted by atomic mass is 19.1. The van der Waals surface area contributed by atoms with Gasteiger partial charge in [0.1, 0.15) is 6.67 Å². The van der Waals surface area contributed by atoms with Crippen LogP contribution >= 0.6 is 0 Å². The van der Waals surface area contributed by atoms with Crippen LogP contribution in [0.15, 0.2) is 12.3 Å². The Balaban J connectivity index is 0.000000145. The molecule has 8 aliphatic heterocycles. The Morgan fingerprint density at radius 3 is 1.32 bits per heavy atom. The van der Waals surface area contributed by atoms with Gasteiger partial charge in [0.2, 0.25) is 17.7 Å². The number of likely N-dealkylation sites (N-methyl/N-ethyl adjacent to an activating group) is 2. The highest BCUT2D eigenvalue weighted by molar-refractivity contribution is 5.84. The van der Waals surface area contributed by atoms with Crippen molar-refractivity contribution in [1.29, 1.82) is 0 Å². The minimum atomic E-state index is -0.424. The number of hydrogen-bond donors (Lipinski definition) is 0. The maximum Gasteiger partial charge on any atom is 0.240 e. The average Bonchev–Trinajstić information content (AvgIpc) is 3.90. The van der Waals surface area contributed by atoms with E-state index < -0.39 is 6.67 Å². The molecule has 8 atom stereocenters. The van der Waals surface area contributed by atoms with Crippen LogP contribution < -0.4 is 0 Å². The van der Waals surface area contributed by atoms with Crippen LogP contribution in [0.5, 0.6) is 0 Å². The number of piperazine rings is 4. The number of halogens is 1. The van der Waals surface area contributed by atoms with Crippen LogP contribution in [-0.2, 0) is 14.4 Å². The number of carbonyl (C=O) groups is 3. The quantitative estimate of drug-likeness (QED) is 0.328. The normalized spacial score (nSPS) is 32.9. The fraction of sp³-hybridized carbons (Fsp3) is 0.889. The summed E-state index contributed by atoms with van der Waals surface area (Å²) >= 11 is 0. The lowest BCUT2D eigenvalue weighted by atomic mass is 10.1. The molecule has 12 heteroatoms. The zero-order valence-corrected chi connectivity index (χ0v) is 38.0. The van der Waals surface area contributed by atoms with Crippen LogP contribution in [0.4, 0.5) is 4.39 Å². The van der Waals surface area contributed by atoms with Crippen molar-refractivity contribution in [3.8, 4) is 0 Å². The molecule has 8 fully saturated rings. The lowest BCUT2D eigenvalue weighted by Crippen LogP contribution is -2.59. The first-order chi connectivity index (χ1) is 26.9. The van der Waals surface area contributed by atoms with Crippen LogP contribution in [0, 0.1) is 0 Å². The fourth-order valence-corrected chi connectivity index (χ4v) is 12.0. The molecule has 0 N–H and O–H groups in total. The van der Waals surface area contributed by atoms with E-state index in [-0.39, 0.29) is 30.6 Å². The third-order valence-corrected chi connectivity index (χ3v) is 14.3. The number of hydrogen-bond acceptors (Lipinski definition) is 8. The Labute approximate surface area is 346 Å². The van der Waals surface area contributed by atoms with Gasteiger partial charge in [-0.1, -0.05) is 6.58 Å². The van der Waals surface area contributed by atoms with E-state index in [1.807, 2.05) is 16.8 Å². The molecule has 57 heavy (non-hydrogen) atoms. The van der Waals surface area contributed by atoms with Crippen LogP contribution in [0.1, 0.15) is 128 Å². The molecule has 0 aromatic rings. The van der Waals surface area contributed by atoms with Crippen molar-refractivity contribution in [3.05, 3.63) is 12.3 Å². The van der Waals surface area contributed by atoms with Gasteiger partial charge < -0.3 is 19.6 Å². The monoisotopic (exact) mass is 801 g/mol. The van der Waals surface area contributed by atoms with E-state index in [1.54, 1.807) is 4.90 Å². The second kappa shape index (κ2) is 19.4. The van der Waals surface area contributed by atoms with Crippen molar-refractivity contribution in [2.45, 2.75) is 206 Å². The van der Waals surface area contributed by atoms with Crippen molar-refractivity contribution < 1.29 is 18.8 Å². The topological polar surface area (TPSA) is 77.1 Å². The molecule has 0 spiro atoms. The maximum atomic E-state index is 12.3. The molecule has 8 unspecified atom stereocenters. The highest BCUT2D eigenvalue weighted by Gasteiger charge is 2.48. The molecule has 8 saturated heterocycles. The highest BCUT2D eigenvalue weighted by Crippen LogP contribution is 2.38. The molecule has 8 aliphatic rings. The molecule has 11 nitrogen and oxygen atoms in total. The van der Waals surface area contributed by atoms with Gasteiger partial charge in [0.15, 0.2) is 0 Å². The van der Waals surface area contributed by atoms with E-state index in [2.05, 4.69) is 107 Å². The fourth-order valence-electron chi connectivity index (χ4n) is 12.0. The van der Waals surface area contributed by atoms with Crippen LogP contribution in [-0.4, -0.2) is 188 Å². The standard InChI is InChI=1S/C13H24N2.C11H19FN2O.C11H20N2O.C10H18N2O/c1-9(2)14-8-12-6-7-13(11(14)5)15(12)10(3)4;1-8(2)14-9-3-4-10(14)11(15)13(7-9)6-5-12;1-4-12-7-9-5-6-10(11(12)14)13(9)8(2)3;1-7(2)12-8-4-5-9(12)10(13)11(3)6-8/h9-10,12-13H,5-8H2,1-4H3;8-10H,3-7H2,1-2H3;8-10H,4-7H2,1-3H3;7-9H,4-6H2,1-3H3. The van der Waals surface area contributed by atoms with Gasteiger partial charge in [-0.25, -0.2) is 4.39 Å². The Bertz CT molecular complexity index is 1390. The largest absolute Gasteiger partial charge is 0.370 e. The van der Waals surface area contributed by atoms with Crippen molar-refractivity contribution in [2.75, 3.05) is 53.0 Å². The third kappa shape index (κ3) is 9.54. The summed E-state index contributed by atoms with van der Waals surface area (Å²) in [5, 5.41) is 0. The lowest BCUT2D eigenvalue weighted by Gasteiger charge is -2.47. The number of alkyl halides is 1. The summed E-state index contributed by atoms with van der Waals surface area (Å²) in [6, 6.07) is 6.18. The Morgan fingerprint density at radius 1 is 0.526 bits per heavy atom. The van der Waals surface area contributed by atoms with Crippen LogP contribution in [0.3, 0.4) is 0 Å². The molecule has 8 heterocycles. The SMILES string of the molecule is C=C1C2CCC(CN1C(C)C)N2C(C)C.CC(C)N1C2CCC1C(=O)N(C)C2.CC(C)N1C2CCC1C(=O)N(CCF)C2.CCN1CC2CCC(C1=O)N2C(C)C. The van der Waals surface area contributed by atoms with Crippen LogP contribution in [0.2, 0.25) is 0 Å². The number of rotatable bonds is 8. The number of carbonyl (C=O) groups excluding carboxylic acids is 3. The van der Waals surface area contributed by atoms with Gasteiger partial charge in [0, 0.05) is 112 Å². The van der Waals surface area contributed by atoms with E-state index in [0.717, 1.165) is 57.9 Å². The van der Waals surface area contributed by atoms with Gasteiger partial charge in [-0.05, 0) is 128 Å². The molecule has 0 aromatic heterocycles. The molecule has 8 bridgehead atoms. The number of amides is 3. The minimum Gasteiger partial charge on any atom is -0.370 e. The van der Waals surface area contributed by atoms with Gasteiger partial charge in [0.25, 0.3) is 0 Å². The van der Waals surface area contributed by atoms with Gasteiger partial charge in [-0.2, -0.15) is 0 Å². The zero-order chi connectivity index (χ0) is 42.0. The summed E-state index contributed by atoms with van der Waals surface area (Å²) in [5.41, 5.74) is 1.35. The summed E-state index contributed by atoms with van der Waals surface area (Å²) in [4.78, 5) is 53.7. The Hall–Kier alpha value is -2.28. The van der Waals surface area contributed by atoms with E-state index in [4.69, 9.17) is 0 Å². The second-order valence-corrected chi connectivity index (χ2v) is 19.5. The van der Waals surface area contributed by atoms with Crippen molar-refractivity contribution in [2.24, 2.45) is 0 Å². The minimum absolute atomic E-state index is 0.0234. The van der Waals surface area contributed by atoms with Gasteiger partial charge in [-0.15, -0.1) is 0 Å². The maximum absolute atomic E-state index is 12.3. The summed E-state index contributed by atoms with van der Waals surface area (Å²) in [6.07, 6.45) is 9.21. The zero-order valence-electron chi connectivity index (χ0n) is 38.0. The lowest BCUT2D eigenvalue weighted by molar-refractivity contribution is -0.143. The molecule has 0 radical (unpaired) electrons. The van der Waals surface area contributed by atoms with E-state index in [0.29, 0.717) is 66.2 Å². The Morgan fingerprint density at radius 2 is 0.895 bits per heavy atom. The van der Waals surface area contributed by atoms with E-state index >= 15 is 0 Å². The first-order valence-corrected chi connectivity index (χ1v) is 22.9. The third-order valence-electron chi connectivity index (χ3n) is 14.3. The summed E-state index contributed by atoms with van der Waals surface area (Å²) in [7, 11) is 1.92. The van der Waals surface area contributed by atoms with E-state index in [9.17, 15) is 18.8 Å². The average molecular weight is 801 g/mol. The predicted molar refractivity (Wildman–Crippen MR) is 229 cm³/mol. The summed E-state index contributed by atoms with van der Waals surface area (Å²) in [6.45, 7) is 33.1. The molecular weight excluding hydrogens is 720 g/mol. The molecule has 0 aromatic carbocycles. The first kappa shape index (κ1) is 45.8. The van der Waals surface area contributed by atoms with Gasteiger partial charge in [0.05, 0.1) is 18.1 Å². The van der Waals surface area contributed by atoms with Gasteiger partial charge in [-0.3, -0.25) is 34.0 Å². The molecule has 3 amide bonds. The molecule has 0 saturated carbocycles. The van der Waals surface area contributed by atoms with Crippen LogP contribution in [0.25, 0.3) is 0 Å². The number of nitrogens with zero attached hydrogens (tertiary/aromatic N) is 8. The van der Waals surface area contributed by atoms with Gasteiger partial charge >= 0.3 is 0 Å². The molecule has 8 rings (SSSR count). The second-order valence-electron chi connectivity index (χ2n) is 19.5. The van der Waals surface area contributed by atoms with Crippen molar-refractivity contribution in [3.63, 3.8) is 0 Å². The number of fused-ring (bicyclic) bond motifs is 8. The molecular formula is C45H81FN8O3. The van der Waals surface area contributed by atoms with Crippen molar-refractivity contribution >= 4 is 17.7 Å². The smallest absolute Gasteiger partial charge is 0.240 e. The number of likely N-dealkylation sites (tertiary alicyclic amines) is 4.